The fraction of sp³-hybridized carbons (Fsp3) is 0.200. The Labute approximate surface area is 163 Å². The summed E-state index contributed by atoms with van der Waals surface area (Å²) in [6.07, 6.45) is 2.36. The third-order valence-electron chi connectivity index (χ3n) is 3.95. The maximum Gasteiger partial charge on any atom is 0.146 e. The van der Waals surface area contributed by atoms with Crippen LogP contribution >= 0.6 is 11.6 Å². The molecule has 0 saturated heterocycles. The average molecular weight is 385 g/mol. The van der Waals surface area contributed by atoms with Gasteiger partial charge < -0.3 is 20.1 Å². The summed E-state index contributed by atoms with van der Waals surface area (Å²) >= 11 is 6.01. The van der Waals surface area contributed by atoms with Crippen LogP contribution in [0.4, 0.5) is 17.3 Å². The van der Waals surface area contributed by atoms with Gasteiger partial charge in [0.05, 0.1) is 19.9 Å². The third kappa shape index (κ3) is 5.24. The van der Waals surface area contributed by atoms with E-state index in [4.69, 9.17) is 21.1 Å². The van der Waals surface area contributed by atoms with E-state index in [1.807, 2.05) is 42.5 Å². The van der Waals surface area contributed by atoms with Gasteiger partial charge in [-0.3, -0.25) is 0 Å². The van der Waals surface area contributed by atoms with Crippen molar-refractivity contribution in [2.24, 2.45) is 0 Å². The minimum Gasteiger partial charge on any atom is -0.497 e. The number of hydrogen-bond donors (Lipinski definition) is 2. The Bertz CT molecular complexity index is 905. The topological polar surface area (TPSA) is 68.3 Å². The van der Waals surface area contributed by atoms with E-state index in [-0.39, 0.29) is 0 Å². The van der Waals surface area contributed by atoms with Crippen LogP contribution in [0.1, 0.15) is 5.56 Å². The lowest BCUT2D eigenvalue weighted by Crippen LogP contribution is -2.07. The number of anilines is 3. The zero-order valence-electron chi connectivity index (χ0n) is 15.2. The molecule has 0 atom stereocenters. The molecule has 2 N–H and O–H groups in total. The predicted molar refractivity (Wildman–Crippen MR) is 109 cm³/mol. The highest BCUT2D eigenvalue weighted by Gasteiger charge is 2.07. The third-order valence-corrected chi connectivity index (χ3v) is 4.18. The molecular formula is C20H21ClN4O2. The van der Waals surface area contributed by atoms with Gasteiger partial charge >= 0.3 is 0 Å². The zero-order chi connectivity index (χ0) is 19.1. The molecule has 0 aliphatic heterocycles. The quantitative estimate of drug-likeness (QED) is 0.594. The van der Waals surface area contributed by atoms with E-state index in [1.165, 1.54) is 11.9 Å². The first-order valence-electron chi connectivity index (χ1n) is 8.47. The summed E-state index contributed by atoms with van der Waals surface area (Å²) in [6, 6.07) is 15.2. The second-order valence-corrected chi connectivity index (χ2v) is 6.22. The summed E-state index contributed by atoms with van der Waals surface area (Å²) in [7, 11) is 3.23. The van der Waals surface area contributed by atoms with Crippen molar-refractivity contribution in [3.63, 3.8) is 0 Å². The van der Waals surface area contributed by atoms with Crippen molar-refractivity contribution in [1.29, 1.82) is 0 Å². The van der Waals surface area contributed by atoms with Crippen LogP contribution in [0.25, 0.3) is 0 Å². The van der Waals surface area contributed by atoms with E-state index in [0.717, 1.165) is 35.2 Å². The highest BCUT2D eigenvalue weighted by molar-refractivity contribution is 6.30. The monoisotopic (exact) mass is 384 g/mol. The van der Waals surface area contributed by atoms with Crippen molar-refractivity contribution in [2.75, 3.05) is 31.4 Å². The Hall–Kier alpha value is -2.99. The van der Waals surface area contributed by atoms with Crippen LogP contribution in [0.3, 0.4) is 0 Å². The van der Waals surface area contributed by atoms with Crippen LogP contribution in [0.5, 0.6) is 11.5 Å². The summed E-state index contributed by atoms with van der Waals surface area (Å²) < 4.78 is 10.6. The van der Waals surface area contributed by atoms with E-state index in [2.05, 4.69) is 26.7 Å². The Morgan fingerprint density at radius 3 is 2.59 bits per heavy atom. The van der Waals surface area contributed by atoms with E-state index in [1.54, 1.807) is 14.2 Å². The minimum atomic E-state index is 0.665. The minimum absolute atomic E-state index is 0.665. The van der Waals surface area contributed by atoms with E-state index in [9.17, 15) is 0 Å². The first-order chi connectivity index (χ1) is 13.2. The van der Waals surface area contributed by atoms with Gasteiger partial charge in [-0.05, 0) is 36.2 Å². The SMILES string of the molecule is COc1ccc(Nc2cc(NCCc3cccc(Cl)c3)ncn2)c(OC)c1. The number of ether oxygens (including phenoxy) is 2. The van der Waals surface area contributed by atoms with Gasteiger partial charge in [0.15, 0.2) is 0 Å². The Morgan fingerprint density at radius 1 is 0.963 bits per heavy atom. The van der Waals surface area contributed by atoms with Crippen LogP contribution in [-0.4, -0.2) is 30.7 Å². The summed E-state index contributed by atoms with van der Waals surface area (Å²) in [6.45, 7) is 0.739. The molecule has 0 spiro atoms. The summed E-state index contributed by atoms with van der Waals surface area (Å²) in [5, 5.41) is 7.29. The van der Waals surface area contributed by atoms with Crippen molar-refractivity contribution in [3.8, 4) is 11.5 Å². The second-order valence-electron chi connectivity index (χ2n) is 5.79. The molecule has 0 saturated carbocycles. The molecule has 3 rings (SSSR count). The molecule has 1 heterocycles. The molecule has 140 valence electrons. The Morgan fingerprint density at radius 2 is 1.81 bits per heavy atom. The predicted octanol–water partition coefficient (Wildman–Crippen LogP) is 4.55. The fourth-order valence-electron chi connectivity index (χ4n) is 2.59. The van der Waals surface area contributed by atoms with Crippen LogP contribution in [0.15, 0.2) is 54.9 Å². The number of halogens is 1. The van der Waals surface area contributed by atoms with Gasteiger partial charge in [-0.2, -0.15) is 0 Å². The molecule has 1 aromatic heterocycles. The lowest BCUT2D eigenvalue weighted by molar-refractivity contribution is 0.395. The molecule has 0 amide bonds. The second kappa shape index (κ2) is 9.09. The molecule has 7 heteroatoms. The molecule has 6 nitrogen and oxygen atoms in total. The molecular weight excluding hydrogens is 364 g/mol. The van der Waals surface area contributed by atoms with Crippen LogP contribution < -0.4 is 20.1 Å². The molecule has 0 aliphatic carbocycles. The van der Waals surface area contributed by atoms with Gasteiger partial charge in [0, 0.05) is 23.7 Å². The van der Waals surface area contributed by atoms with Gasteiger partial charge in [0.25, 0.3) is 0 Å². The molecule has 3 aromatic rings. The van der Waals surface area contributed by atoms with Gasteiger partial charge in [-0.1, -0.05) is 23.7 Å². The van der Waals surface area contributed by atoms with Crippen molar-refractivity contribution in [1.82, 2.24) is 9.97 Å². The molecule has 27 heavy (non-hydrogen) atoms. The molecule has 2 aromatic carbocycles. The number of methoxy groups -OCH3 is 2. The number of rotatable bonds is 8. The maximum absolute atomic E-state index is 6.01. The van der Waals surface area contributed by atoms with Crippen molar-refractivity contribution < 1.29 is 9.47 Å². The first kappa shape index (κ1) is 18.8. The lowest BCUT2D eigenvalue weighted by atomic mass is 10.1. The van der Waals surface area contributed by atoms with Gasteiger partial charge in [0.1, 0.15) is 29.5 Å². The number of hydrogen-bond acceptors (Lipinski definition) is 6. The van der Waals surface area contributed by atoms with Gasteiger partial charge in [-0.15, -0.1) is 0 Å². The number of benzene rings is 2. The van der Waals surface area contributed by atoms with E-state index < -0.39 is 0 Å². The largest absolute Gasteiger partial charge is 0.497 e. The van der Waals surface area contributed by atoms with Crippen LogP contribution in [0, 0.1) is 0 Å². The molecule has 0 bridgehead atoms. The normalized spacial score (nSPS) is 10.3. The number of nitrogens with one attached hydrogen (secondary N) is 2. The van der Waals surface area contributed by atoms with Crippen LogP contribution in [0.2, 0.25) is 5.02 Å². The zero-order valence-corrected chi connectivity index (χ0v) is 16.0. The van der Waals surface area contributed by atoms with Crippen molar-refractivity contribution in [2.45, 2.75) is 6.42 Å². The molecule has 0 fully saturated rings. The van der Waals surface area contributed by atoms with Gasteiger partial charge in [-0.25, -0.2) is 9.97 Å². The molecule has 0 aliphatic rings. The highest BCUT2D eigenvalue weighted by Crippen LogP contribution is 2.31. The maximum atomic E-state index is 6.01. The molecule has 0 unspecified atom stereocenters. The van der Waals surface area contributed by atoms with Crippen molar-refractivity contribution >= 4 is 28.9 Å². The summed E-state index contributed by atoms with van der Waals surface area (Å²) in [5.74, 6) is 2.80. The van der Waals surface area contributed by atoms with E-state index >= 15 is 0 Å². The van der Waals surface area contributed by atoms with E-state index in [0.29, 0.717) is 11.6 Å². The fourth-order valence-corrected chi connectivity index (χ4v) is 2.80. The smallest absolute Gasteiger partial charge is 0.146 e. The standard InChI is InChI=1S/C20H21ClN4O2/c1-26-16-6-7-17(18(11-16)27-2)25-20-12-19(23-13-24-20)22-9-8-14-4-3-5-15(21)10-14/h3-7,10-13H,8-9H2,1-2H3,(H2,22,23,24,25). The summed E-state index contributed by atoms with van der Waals surface area (Å²) in [5.41, 5.74) is 1.97. The number of aromatic nitrogens is 2. The van der Waals surface area contributed by atoms with Crippen LogP contribution in [-0.2, 0) is 6.42 Å². The van der Waals surface area contributed by atoms with Gasteiger partial charge in [0.2, 0.25) is 0 Å². The average Bonchev–Trinajstić information content (AvgIpc) is 2.69. The number of nitrogens with zero attached hydrogens (tertiary/aromatic N) is 2. The highest BCUT2D eigenvalue weighted by atomic mass is 35.5. The Kier molecular flexibility index (Phi) is 6.33. The first-order valence-corrected chi connectivity index (χ1v) is 8.85. The molecule has 0 radical (unpaired) electrons. The Balaban J connectivity index is 1.63. The summed E-state index contributed by atoms with van der Waals surface area (Å²) in [4.78, 5) is 8.52. The van der Waals surface area contributed by atoms with Crippen molar-refractivity contribution in [3.05, 3.63) is 65.4 Å². The lowest BCUT2D eigenvalue weighted by Gasteiger charge is -2.12.